The first-order chi connectivity index (χ1) is 8.12. The molecule has 0 saturated carbocycles. The summed E-state index contributed by atoms with van der Waals surface area (Å²) in [6.07, 6.45) is 1.07. The third kappa shape index (κ3) is 3.56. The molecule has 0 aliphatic heterocycles. The normalized spacial score (nSPS) is 12.5. The first kappa shape index (κ1) is 13.7. The Morgan fingerprint density at radius 2 is 2.12 bits per heavy atom. The van der Waals surface area contributed by atoms with Crippen molar-refractivity contribution in [2.45, 2.75) is 39.8 Å². The van der Waals surface area contributed by atoms with Crippen molar-refractivity contribution >= 4 is 11.6 Å². The largest absolute Gasteiger partial charge is 0.384 e. The van der Waals surface area contributed by atoms with E-state index in [1.54, 1.807) is 7.11 Å². The Morgan fingerprint density at radius 3 is 2.65 bits per heavy atom. The van der Waals surface area contributed by atoms with Crippen LogP contribution >= 0.6 is 0 Å². The summed E-state index contributed by atoms with van der Waals surface area (Å²) in [7, 11) is 1.62. The number of hydrogen-bond donors (Lipinski definition) is 1. The molecule has 2 N–H and O–H groups in total. The molecule has 5 nitrogen and oxygen atoms in total. The second-order valence-corrected chi connectivity index (χ2v) is 4.04. The van der Waals surface area contributed by atoms with Gasteiger partial charge in [0.15, 0.2) is 5.82 Å². The van der Waals surface area contributed by atoms with Gasteiger partial charge in [0.05, 0.1) is 0 Å². The van der Waals surface area contributed by atoms with Crippen LogP contribution in [0.5, 0.6) is 0 Å². The lowest BCUT2D eigenvalue weighted by Gasteiger charge is -2.28. The molecular formula is C12H22N4O. The van der Waals surface area contributed by atoms with Crippen LogP contribution < -0.4 is 10.6 Å². The number of ether oxygens (including phenoxy) is 1. The summed E-state index contributed by atoms with van der Waals surface area (Å²) in [5.41, 5.74) is 5.79. The summed E-state index contributed by atoms with van der Waals surface area (Å²) < 4.78 is 5.04. The molecule has 96 valence electrons. The van der Waals surface area contributed by atoms with Gasteiger partial charge in [0, 0.05) is 25.8 Å². The summed E-state index contributed by atoms with van der Waals surface area (Å²) in [4.78, 5) is 10.8. The predicted octanol–water partition coefficient (Wildman–Crippen LogP) is 1.83. The van der Waals surface area contributed by atoms with Gasteiger partial charge in [-0.15, -0.1) is 0 Å². The third-order valence-corrected chi connectivity index (χ3v) is 2.81. The molecule has 1 heterocycles. The number of anilines is 2. The molecule has 0 saturated heterocycles. The fourth-order valence-corrected chi connectivity index (χ4v) is 1.76. The van der Waals surface area contributed by atoms with Crippen molar-refractivity contribution in [3.05, 3.63) is 11.9 Å². The minimum absolute atomic E-state index is 0.385. The lowest BCUT2D eigenvalue weighted by molar-refractivity contribution is 0.178. The lowest BCUT2D eigenvalue weighted by atomic mass is 10.2. The molecule has 17 heavy (non-hydrogen) atoms. The Morgan fingerprint density at radius 1 is 1.41 bits per heavy atom. The number of nitrogen functional groups attached to an aromatic ring is 1. The number of methoxy groups -OCH3 is 1. The molecule has 1 atom stereocenters. The second kappa shape index (κ2) is 6.39. The summed E-state index contributed by atoms with van der Waals surface area (Å²) in [5, 5.41) is 0. The van der Waals surface area contributed by atoms with Crippen LogP contribution in [0.4, 0.5) is 11.6 Å². The van der Waals surface area contributed by atoms with Gasteiger partial charge >= 0.3 is 0 Å². The summed E-state index contributed by atoms with van der Waals surface area (Å²) in [5.74, 6) is 1.99. The Kier molecular flexibility index (Phi) is 5.15. The van der Waals surface area contributed by atoms with Crippen LogP contribution in [0.3, 0.4) is 0 Å². The van der Waals surface area contributed by atoms with Gasteiger partial charge in [-0.2, -0.15) is 0 Å². The topological polar surface area (TPSA) is 64.3 Å². The zero-order chi connectivity index (χ0) is 12.8. The van der Waals surface area contributed by atoms with Gasteiger partial charge in [0.25, 0.3) is 0 Å². The predicted molar refractivity (Wildman–Crippen MR) is 69.9 cm³/mol. The van der Waals surface area contributed by atoms with Gasteiger partial charge in [-0.25, -0.2) is 9.97 Å². The SMILES string of the molecule is CCC(C)N(CC)c1cc(N)nc(COC)n1. The zero-order valence-corrected chi connectivity index (χ0v) is 11.1. The van der Waals surface area contributed by atoms with Gasteiger partial charge in [-0.1, -0.05) is 6.92 Å². The first-order valence-corrected chi connectivity index (χ1v) is 6.01. The number of hydrogen-bond acceptors (Lipinski definition) is 5. The van der Waals surface area contributed by atoms with Crippen molar-refractivity contribution in [1.82, 2.24) is 9.97 Å². The highest BCUT2D eigenvalue weighted by Crippen LogP contribution is 2.18. The van der Waals surface area contributed by atoms with Gasteiger partial charge < -0.3 is 15.4 Å². The maximum atomic E-state index is 5.79. The Balaban J connectivity index is 3.01. The molecule has 0 amide bonds. The molecule has 0 fully saturated rings. The quantitative estimate of drug-likeness (QED) is 0.819. The highest BCUT2D eigenvalue weighted by Gasteiger charge is 2.14. The van der Waals surface area contributed by atoms with E-state index in [4.69, 9.17) is 10.5 Å². The molecule has 0 aliphatic carbocycles. The van der Waals surface area contributed by atoms with Crippen LogP contribution in [-0.2, 0) is 11.3 Å². The van der Waals surface area contributed by atoms with E-state index in [0.717, 1.165) is 18.8 Å². The Bertz CT molecular complexity index is 356. The Labute approximate surface area is 103 Å². The van der Waals surface area contributed by atoms with Crippen LogP contribution in [0.1, 0.15) is 33.0 Å². The molecule has 0 radical (unpaired) electrons. The zero-order valence-electron chi connectivity index (χ0n) is 11.1. The van der Waals surface area contributed by atoms with Gasteiger partial charge in [0.2, 0.25) is 0 Å². The van der Waals surface area contributed by atoms with Crippen LogP contribution in [0.2, 0.25) is 0 Å². The molecule has 0 spiro atoms. The second-order valence-electron chi connectivity index (χ2n) is 4.04. The number of rotatable bonds is 6. The van der Waals surface area contributed by atoms with Crippen LogP contribution in [0.25, 0.3) is 0 Å². The van der Waals surface area contributed by atoms with E-state index in [9.17, 15) is 0 Å². The minimum Gasteiger partial charge on any atom is -0.384 e. The van der Waals surface area contributed by atoms with E-state index in [-0.39, 0.29) is 0 Å². The number of nitrogens with two attached hydrogens (primary N) is 1. The van der Waals surface area contributed by atoms with Crippen molar-refractivity contribution in [3.63, 3.8) is 0 Å². The van der Waals surface area contributed by atoms with Gasteiger partial charge in [0.1, 0.15) is 18.2 Å². The Hall–Kier alpha value is -1.36. The highest BCUT2D eigenvalue weighted by atomic mass is 16.5. The molecule has 1 rings (SSSR count). The van der Waals surface area contributed by atoms with Crippen molar-refractivity contribution in [2.24, 2.45) is 0 Å². The van der Waals surface area contributed by atoms with Crippen molar-refractivity contribution < 1.29 is 4.74 Å². The molecule has 0 aromatic carbocycles. The molecule has 5 heteroatoms. The molecule has 1 aromatic rings. The smallest absolute Gasteiger partial charge is 0.158 e. The van der Waals surface area contributed by atoms with E-state index in [2.05, 4.69) is 35.6 Å². The minimum atomic E-state index is 0.385. The lowest BCUT2D eigenvalue weighted by Crippen LogP contribution is -2.33. The van der Waals surface area contributed by atoms with Gasteiger partial charge in [-0.05, 0) is 20.3 Å². The third-order valence-electron chi connectivity index (χ3n) is 2.81. The van der Waals surface area contributed by atoms with Crippen molar-refractivity contribution in [2.75, 3.05) is 24.3 Å². The van der Waals surface area contributed by atoms with E-state index < -0.39 is 0 Å². The first-order valence-electron chi connectivity index (χ1n) is 6.01. The number of aromatic nitrogens is 2. The summed E-state index contributed by atoms with van der Waals surface area (Å²) in [6, 6.07) is 2.25. The van der Waals surface area contributed by atoms with Crippen molar-refractivity contribution in [3.8, 4) is 0 Å². The van der Waals surface area contributed by atoms with Crippen LogP contribution in [-0.4, -0.2) is 29.7 Å². The van der Waals surface area contributed by atoms with E-state index >= 15 is 0 Å². The van der Waals surface area contributed by atoms with E-state index in [1.165, 1.54) is 0 Å². The standard InChI is InChI=1S/C12H22N4O/c1-5-9(3)16(6-2)12-7-10(13)14-11(15-12)8-17-4/h7,9H,5-6,8H2,1-4H3,(H2,13,14,15). The molecule has 0 bridgehead atoms. The average molecular weight is 238 g/mol. The van der Waals surface area contributed by atoms with Crippen LogP contribution in [0.15, 0.2) is 6.07 Å². The fraction of sp³-hybridized carbons (Fsp3) is 0.667. The van der Waals surface area contributed by atoms with E-state index in [0.29, 0.717) is 24.3 Å². The fourth-order valence-electron chi connectivity index (χ4n) is 1.76. The summed E-state index contributed by atoms with van der Waals surface area (Å²) >= 11 is 0. The maximum absolute atomic E-state index is 5.79. The summed E-state index contributed by atoms with van der Waals surface area (Å²) in [6.45, 7) is 7.74. The molecule has 1 unspecified atom stereocenters. The van der Waals surface area contributed by atoms with Gasteiger partial charge in [-0.3, -0.25) is 0 Å². The number of nitrogens with zero attached hydrogens (tertiary/aromatic N) is 3. The molecular weight excluding hydrogens is 216 g/mol. The monoisotopic (exact) mass is 238 g/mol. The van der Waals surface area contributed by atoms with Crippen molar-refractivity contribution in [1.29, 1.82) is 0 Å². The highest BCUT2D eigenvalue weighted by molar-refractivity contribution is 5.47. The molecule has 0 aliphatic rings. The molecule has 1 aromatic heterocycles. The van der Waals surface area contributed by atoms with Crippen LogP contribution in [0, 0.1) is 0 Å². The van der Waals surface area contributed by atoms with E-state index in [1.807, 2.05) is 6.07 Å². The maximum Gasteiger partial charge on any atom is 0.158 e. The average Bonchev–Trinajstić information content (AvgIpc) is 2.29.